The van der Waals surface area contributed by atoms with E-state index < -0.39 is 0 Å². The monoisotopic (exact) mass is 401 g/mol. The zero-order valence-corrected chi connectivity index (χ0v) is 17.1. The molecule has 3 rings (SSSR count). The Hall–Kier alpha value is -2.32. The van der Waals surface area contributed by atoms with Crippen LogP contribution in [-0.4, -0.2) is 27.7 Å². The van der Waals surface area contributed by atoms with Crippen molar-refractivity contribution in [1.82, 2.24) is 15.3 Å². The number of rotatable bonds is 9. The first-order chi connectivity index (χ1) is 13.5. The van der Waals surface area contributed by atoms with Gasteiger partial charge < -0.3 is 15.4 Å². The van der Waals surface area contributed by atoms with Gasteiger partial charge in [-0.1, -0.05) is 0 Å². The number of carbonyl (C=O) groups is 1. The molecule has 1 aliphatic carbocycles. The van der Waals surface area contributed by atoms with Crippen LogP contribution in [0, 0.1) is 0 Å². The molecule has 7 nitrogen and oxygen atoms in total. The molecule has 0 radical (unpaired) electrons. The standard InChI is InChI=1S/C20H27N5O2S/c1-14(27-19(26)25-20(2)10-11-20)4-3-5-15-12-22-18(23-13-15)24-16-6-8-17(28-21)9-7-16/h6-9,12-14H,3-5,10-11,21H2,1-2H3,(H,25,26)(H,22,23,24). The molecule has 2 aromatic rings. The molecule has 0 spiro atoms. The largest absolute Gasteiger partial charge is 0.447 e. The summed E-state index contributed by atoms with van der Waals surface area (Å²) in [6.45, 7) is 3.96. The van der Waals surface area contributed by atoms with Crippen molar-refractivity contribution in [2.24, 2.45) is 5.14 Å². The molecule has 1 fully saturated rings. The van der Waals surface area contributed by atoms with E-state index in [9.17, 15) is 4.79 Å². The van der Waals surface area contributed by atoms with E-state index in [1.54, 1.807) is 0 Å². The Morgan fingerprint density at radius 2 is 1.96 bits per heavy atom. The van der Waals surface area contributed by atoms with Crippen LogP contribution in [0.2, 0.25) is 0 Å². The topological polar surface area (TPSA) is 102 Å². The van der Waals surface area contributed by atoms with Crippen LogP contribution < -0.4 is 15.8 Å². The number of hydrogen-bond acceptors (Lipinski definition) is 7. The molecule has 1 amide bonds. The van der Waals surface area contributed by atoms with Crippen molar-refractivity contribution in [3.8, 4) is 0 Å². The Kier molecular flexibility index (Phi) is 6.74. The Morgan fingerprint density at radius 3 is 2.57 bits per heavy atom. The number of alkyl carbamates (subject to hydrolysis) is 1. The van der Waals surface area contributed by atoms with Crippen molar-refractivity contribution in [2.45, 2.75) is 62.5 Å². The number of nitrogens with two attached hydrogens (primary N) is 1. The fourth-order valence-electron chi connectivity index (χ4n) is 2.72. The number of hydrogen-bond donors (Lipinski definition) is 3. The third kappa shape index (κ3) is 6.38. The van der Waals surface area contributed by atoms with Crippen LogP contribution in [0.25, 0.3) is 0 Å². The quantitative estimate of drug-likeness (QED) is 0.542. The van der Waals surface area contributed by atoms with Crippen LogP contribution in [0.15, 0.2) is 41.6 Å². The molecule has 1 unspecified atom stereocenters. The molecule has 28 heavy (non-hydrogen) atoms. The lowest BCUT2D eigenvalue weighted by Crippen LogP contribution is -2.36. The van der Waals surface area contributed by atoms with Crippen molar-refractivity contribution in [2.75, 3.05) is 5.32 Å². The molecule has 4 N–H and O–H groups in total. The van der Waals surface area contributed by atoms with E-state index in [0.717, 1.165) is 48.3 Å². The van der Waals surface area contributed by atoms with Crippen molar-refractivity contribution in [3.63, 3.8) is 0 Å². The highest BCUT2D eigenvalue weighted by Crippen LogP contribution is 2.34. The SMILES string of the molecule is CC(CCCc1cnc(Nc2ccc(SN)cc2)nc1)OC(=O)NC1(C)CC1. The van der Waals surface area contributed by atoms with Crippen LogP contribution in [0.3, 0.4) is 0 Å². The number of ether oxygens (including phenoxy) is 1. The van der Waals surface area contributed by atoms with Gasteiger partial charge in [0.25, 0.3) is 0 Å². The van der Waals surface area contributed by atoms with Gasteiger partial charge >= 0.3 is 6.09 Å². The summed E-state index contributed by atoms with van der Waals surface area (Å²) in [5.41, 5.74) is 1.92. The van der Waals surface area contributed by atoms with Gasteiger partial charge in [-0.15, -0.1) is 0 Å². The first-order valence-electron chi connectivity index (χ1n) is 9.49. The van der Waals surface area contributed by atoms with E-state index in [1.807, 2.05) is 50.5 Å². The molecular weight excluding hydrogens is 374 g/mol. The molecule has 1 aromatic heterocycles. The Morgan fingerprint density at radius 1 is 1.29 bits per heavy atom. The second-order valence-electron chi connectivity index (χ2n) is 7.48. The van der Waals surface area contributed by atoms with Crippen LogP contribution in [0.4, 0.5) is 16.4 Å². The summed E-state index contributed by atoms with van der Waals surface area (Å²) in [5.74, 6) is 0.554. The summed E-state index contributed by atoms with van der Waals surface area (Å²) in [6, 6.07) is 7.76. The van der Waals surface area contributed by atoms with Crippen LogP contribution >= 0.6 is 11.9 Å². The first-order valence-corrected chi connectivity index (χ1v) is 10.4. The number of carbonyl (C=O) groups excluding carboxylic acids is 1. The zero-order valence-electron chi connectivity index (χ0n) is 16.3. The summed E-state index contributed by atoms with van der Waals surface area (Å²) in [5, 5.41) is 11.6. The summed E-state index contributed by atoms with van der Waals surface area (Å²) < 4.78 is 5.41. The average molecular weight is 402 g/mol. The van der Waals surface area contributed by atoms with E-state index in [4.69, 9.17) is 9.88 Å². The number of aromatic nitrogens is 2. The molecule has 1 aliphatic rings. The molecule has 8 heteroatoms. The number of anilines is 2. The molecule has 1 aromatic carbocycles. The maximum Gasteiger partial charge on any atom is 0.407 e. The van der Waals surface area contributed by atoms with Crippen LogP contribution in [-0.2, 0) is 11.2 Å². The minimum Gasteiger partial charge on any atom is -0.447 e. The summed E-state index contributed by atoms with van der Waals surface area (Å²) in [4.78, 5) is 21.5. The van der Waals surface area contributed by atoms with Gasteiger partial charge in [0.2, 0.25) is 5.95 Å². The maximum atomic E-state index is 11.8. The predicted molar refractivity (Wildman–Crippen MR) is 111 cm³/mol. The number of nitrogens with one attached hydrogen (secondary N) is 2. The van der Waals surface area contributed by atoms with E-state index >= 15 is 0 Å². The fraction of sp³-hybridized carbons (Fsp3) is 0.450. The van der Waals surface area contributed by atoms with Gasteiger partial charge in [-0.2, -0.15) is 0 Å². The lowest BCUT2D eigenvalue weighted by Gasteiger charge is -2.16. The van der Waals surface area contributed by atoms with Gasteiger partial charge in [0, 0.05) is 28.5 Å². The van der Waals surface area contributed by atoms with Gasteiger partial charge in [-0.25, -0.2) is 14.8 Å². The van der Waals surface area contributed by atoms with Crippen molar-refractivity contribution in [3.05, 3.63) is 42.2 Å². The summed E-state index contributed by atoms with van der Waals surface area (Å²) >= 11 is 1.21. The third-order valence-corrected chi connectivity index (χ3v) is 5.28. The molecule has 1 heterocycles. The molecular formula is C20H27N5O2S. The fourth-order valence-corrected chi connectivity index (χ4v) is 3.01. The number of nitrogens with zero attached hydrogens (tertiary/aromatic N) is 2. The van der Waals surface area contributed by atoms with Crippen LogP contribution in [0.5, 0.6) is 0 Å². The average Bonchev–Trinajstić information content (AvgIpc) is 3.40. The highest BCUT2D eigenvalue weighted by atomic mass is 32.2. The van der Waals surface area contributed by atoms with Crippen molar-refractivity contribution in [1.29, 1.82) is 0 Å². The molecule has 0 saturated heterocycles. The lowest BCUT2D eigenvalue weighted by atomic mass is 10.1. The Balaban J connectivity index is 1.38. The number of benzene rings is 1. The van der Waals surface area contributed by atoms with Gasteiger partial charge in [0.1, 0.15) is 6.10 Å². The highest BCUT2D eigenvalue weighted by molar-refractivity contribution is 7.97. The molecule has 0 bridgehead atoms. The highest BCUT2D eigenvalue weighted by Gasteiger charge is 2.39. The Labute approximate surface area is 170 Å². The zero-order chi connectivity index (χ0) is 20.0. The van der Waals surface area contributed by atoms with Gasteiger partial charge in [0.15, 0.2) is 0 Å². The van der Waals surface area contributed by atoms with Gasteiger partial charge in [-0.3, -0.25) is 5.14 Å². The normalized spacial score (nSPS) is 15.5. The van der Waals surface area contributed by atoms with Crippen molar-refractivity contribution < 1.29 is 9.53 Å². The smallest absolute Gasteiger partial charge is 0.407 e. The van der Waals surface area contributed by atoms with Gasteiger partial charge in [-0.05, 0) is 87.7 Å². The molecule has 0 aliphatic heterocycles. The minimum absolute atomic E-state index is 0.0463. The van der Waals surface area contributed by atoms with E-state index in [1.165, 1.54) is 11.9 Å². The number of amides is 1. The van der Waals surface area contributed by atoms with E-state index in [-0.39, 0.29) is 17.7 Å². The number of aryl methyl sites for hydroxylation is 1. The molecule has 150 valence electrons. The maximum absolute atomic E-state index is 11.8. The lowest BCUT2D eigenvalue weighted by molar-refractivity contribution is 0.0977. The second-order valence-corrected chi connectivity index (χ2v) is 8.18. The van der Waals surface area contributed by atoms with E-state index in [0.29, 0.717) is 5.95 Å². The molecule has 1 atom stereocenters. The minimum atomic E-state index is -0.315. The van der Waals surface area contributed by atoms with E-state index in [2.05, 4.69) is 20.6 Å². The van der Waals surface area contributed by atoms with Crippen LogP contribution in [0.1, 0.15) is 45.1 Å². The summed E-state index contributed by atoms with van der Waals surface area (Å²) in [7, 11) is 0. The predicted octanol–water partition coefficient (Wildman–Crippen LogP) is 4.18. The third-order valence-electron chi connectivity index (χ3n) is 4.74. The van der Waals surface area contributed by atoms with Crippen molar-refractivity contribution >= 4 is 29.7 Å². The Bertz CT molecular complexity index is 778. The molecule has 1 saturated carbocycles. The van der Waals surface area contributed by atoms with Gasteiger partial charge in [0.05, 0.1) is 0 Å². The summed E-state index contributed by atoms with van der Waals surface area (Å²) in [6.07, 6.45) is 7.82. The second kappa shape index (κ2) is 9.25. The first kappa shape index (κ1) is 20.4.